The van der Waals surface area contributed by atoms with Crippen molar-refractivity contribution in [2.24, 2.45) is 0 Å². The number of imide groups is 2. The monoisotopic (exact) mass is 491 g/mol. The zero-order chi connectivity index (χ0) is 25.9. The Bertz CT molecular complexity index is 1530. The zero-order valence-corrected chi connectivity index (χ0v) is 19.7. The van der Waals surface area contributed by atoms with Crippen molar-refractivity contribution >= 4 is 29.9 Å². The molecular weight excluding hydrogens is 470 g/mol. The van der Waals surface area contributed by atoms with Gasteiger partial charge in [0.2, 0.25) is 0 Å². The molecule has 1 saturated heterocycles. The molecule has 1 aliphatic heterocycles. The van der Waals surface area contributed by atoms with E-state index in [2.05, 4.69) is 10.6 Å². The molecule has 5 rings (SSSR count). The number of methoxy groups -OCH3 is 1. The summed E-state index contributed by atoms with van der Waals surface area (Å²) in [5.74, 6) is -1.99. The molecule has 1 fully saturated rings. The lowest BCUT2D eigenvalue weighted by molar-refractivity contribution is -0.123. The van der Waals surface area contributed by atoms with Crippen molar-refractivity contribution in [3.05, 3.63) is 108 Å². The molecule has 0 spiro atoms. The molecule has 0 atom stereocenters. The summed E-state index contributed by atoms with van der Waals surface area (Å²) in [4.78, 5) is 48.6. The summed E-state index contributed by atoms with van der Waals surface area (Å²) >= 11 is 0. The third-order valence-electron chi connectivity index (χ3n) is 5.94. The number of carbonyl (C=O) groups excluding carboxylic acids is 4. The minimum Gasteiger partial charge on any atom is -0.465 e. The van der Waals surface area contributed by atoms with E-state index < -0.39 is 23.8 Å². The molecule has 37 heavy (non-hydrogen) atoms. The van der Waals surface area contributed by atoms with E-state index in [1.54, 1.807) is 24.3 Å². The van der Waals surface area contributed by atoms with Crippen LogP contribution in [-0.2, 0) is 14.3 Å². The lowest BCUT2D eigenvalue weighted by Crippen LogP contribution is -2.51. The van der Waals surface area contributed by atoms with Gasteiger partial charge >= 0.3 is 12.0 Å². The summed E-state index contributed by atoms with van der Waals surface area (Å²) in [5, 5.41) is 4.24. The van der Waals surface area contributed by atoms with Crippen molar-refractivity contribution < 1.29 is 23.9 Å². The van der Waals surface area contributed by atoms with Gasteiger partial charge in [0.25, 0.3) is 11.8 Å². The van der Waals surface area contributed by atoms with Crippen LogP contribution in [0.5, 0.6) is 0 Å². The lowest BCUT2D eigenvalue weighted by Gasteiger charge is -2.16. The van der Waals surface area contributed by atoms with Gasteiger partial charge in [0, 0.05) is 11.3 Å². The first-order valence-electron chi connectivity index (χ1n) is 11.4. The number of ether oxygens (including phenoxy) is 1. The first-order valence-corrected chi connectivity index (χ1v) is 11.4. The van der Waals surface area contributed by atoms with Crippen LogP contribution in [0, 0.1) is 0 Å². The quantitative estimate of drug-likeness (QED) is 0.245. The van der Waals surface area contributed by atoms with Crippen molar-refractivity contribution in [1.29, 1.82) is 0 Å². The summed E-state index contributed by atoms with van der Waals surface area (Å²) in [6, 6.07) is 27.2. The normalized spacial score (nSPS) is 13.1. The van der Waals surface area contributed by atoms with Gasteiger partial charge in [-0.05, 0) is 47.5 Å². The number of hydrogen-bond donors (Lipinski definition) is 2. The fourth-order valence-electron chi connectivity index (χ4n) is 4.25. The molecule has 2 N–H and O–H groups in total. The number of rotatable bonds is 5. The average molecular weight is 492 g/mol. The summed E-state index contributed by atoms with van der Waals surface area (Å²) in [6.07, 6.45) is 1.48. The zero-order valence-electron chi connectivity index (χ0n) is 19.7. The first-order chi connectivity index (χ1) is 18.0. The third-order valence-corrected chi connectivity index (χ3v) is 5.94. The van der Waals surface area contributed by atoms with Crippen LogP contribution < -0.4 is 10.6 Å². The molecule has 2 heterocycles. The molecular formula is C29H21N3O5. The van der Waals surface area contributed by atoms with E-state index in [0.717, 1.165) is 28.2 Å². The van der Waals surface area contributed by atoms with Crippen molar-refractivity contribution in [2.75, 3.05) is 7.11 Å². The molecule has 1 aromatic heterocycles. The predicted octanol–water partition coefficient (Wildman–Crippen LogP) is 4.35. The number of carbonyl (C=O) groups is 4. The van der Waals surface area contributed by atoms with Crippen LogP contribution in [0.3, 0.4) is 0 Å². The van der Waals surface area contributed by atoms with E-state index in [4.69, 9.17) is 4.74 Å². The molecule has 3 aromatic carbocycles. The molecule has 8 heteroatoms. The number of benzene rings is 3. The number of urea groups is 1. The Labute approximate surface area is 212 Å². The summed E-state index contributed by atoms with van der Waals surface area (Å²) in [7, 11) is 1.33. The van der Waals surface area contributed by atoms with Crippen molar-refractivity contribution in [1.82, 2.24) is 15.2 Å². The van der Waals surface area contributed by atoms with Gasteiger partial charge in [-0.2, -0.15) is 0 Å². The fourth-order valence-corrected chi connectivity index (χ4v) is 4.25. The summed E-state index contributed by atoms with van der Waals surface area (Å²) < 4.78 is 6.83. The standard InChI is InChI=1S/C29H21N3O5/c1-37-28(35)20-12-14-22(15-13-20)32-24(18-8-4-2-5-9-18)17-21(25(32)19-10-6-3-7-11-19)16-23-26(33)30-29(36)31-27(23)34/h2-17H,1H3,(H2,30,31,33,34,36). The maximum atomic E-state index is 12.5. The number of amides is 4. The second-order valence-corrected chi connectivity index (χ2v) is 8.23. The van der Waals surface area contributed by atoms with E-state index in [9.17, 15) is 19.2 Å². The van der Waals surface area contributed by atoms with Gasteiger partial charge in [-0.3, -0.25) is 20.2 Å². The molecule has 8 nitrogen and oxygen atoms in total. The highest BCUT2D eigenvalue weighted by atomic mass is 16.5. The van der Waals surface area contributed by atoms with Crippen molar-refractivity contribution in [3.8, 4) is 28.2 Å². The molecule has 0 unspecified atom stereocenters. The molecule has 0 saturated carbocycles. The Kier molecular flexibility index (Phi) is 6.22. The number of barbiturate groups is 1. The third kappa shape index (κ3) is 4.55. The second kappa shape index (κ2) is 9.79. The maximum Gasteiger partial charge on any atom is 0.337 e. The van der Waals surface area contributed by atoms with E-state index in [-0.39, 0.29) is 5.57 Å². The van der Waals surface area contributed by atoms with Crippen LogP contribution in [0.1, 0.15) is 15.9 Å². The molecule has 0 bridgehead atoms. The summed E-state index contributed by atoms with van der Waals surface area (Å²) in [6.45, 7) is 0. The Morgan fingerprint density at radius 1 is 0.784 bits per heavy atom. The molecule has 1 aliphatic rings. The Morgan fingerprint density at radius 3 is 1.92 bits per heavy atom. The Balaban J connectivity index is 1.79. The van der Waals surface area contributed by atoms with Gasteiger partial charge in [0.05, 0.1) is 24.1 Å². The van der Waals surface area contributed by atoms with Crippen molar-refractivity contribution in [3.63, 3.8) is 0 Å². The number of esters is 1. The average Bonchev–Trinajstić information content (AvgIpc) is 3.30. The van der Waals surface area contributed by atoms with Gasteiger partial charge in [0.1, 0.15) is 5.57 Å². The number of hydrogen-bond acceptors (Lipinski definition) is 5. The van der Waals surface area contributed by atoms with E-state index in [1.165, 1.54) is 13.2 Å². The highest BCUT2D eigenvalue weighted by Crippen LogP contribution is 2.37. The molecule has 4 aromatic rings. The molecule has 0 aliphatic carbocycles. The lowest BCUT2D eigenvalue weighted by atomic mass is 10.0. The summed E-state index contributed by atoms with van der Waals surface area (Å²) in [5.41, 5.74) is 4.81. The van der Waals surface area contributed by atoms with Crippen LogP contribution in [-0.4, -0.2) is 35.5 Å². The first kappa shape index (κ1) is 23.5. The van der Waals surface area contributed by atoms with E-state index in [1.807, 2.05) is 71.3 Å². The Morgan fingerprint density at radius 2 is 1.35 bits per heavy atom. The van der Waals surface area contributed by atoms with Crippen LogP contribution >= 0.6 is 0 Å². The van der Waals surface area contributed by atoms with Gasteiger partial charge < -0.3 is 9.30 Å². The second-order valence-electron chi connectivity index (χ2n) is 8.23. The smallest absolute Gasteiger partial charge is 0.337 e. The largest absolute Gasteiger partial charge is 0.465 e. The van der Waals surface area contributed by atoms with Gasteiger partial charge in [-0.25, -0.2) is 9.59 Å². The Hall–Kier alpha value is -5.24. The molecule has 182 valence electrons. The minimum absolute atomic E-state index is 0.186. The van der Waals surface area contributed by atoms with E-state index in [0.29, 0.717) is 11.1 Å². The number of nitrogens with one attached hydrogen (secondary N) is 2. The highest BCUT2D eigenvalue weighted by Gasteiger charge is 2.29. The highest BCUT2D eigenvalue weighted by molar-refractivity contribution is 6.31. The van der Waals surface area contributed by atoms with Crippen LogP contribution in [0.2, 0.25) is 0 Å². The predicted molar refractivity (Wildman–Crippen MR) is 138 cm³/mol. The molecule has 4 amide bonds. The van der Waals surface area contributed by atoms with Crippen LogP contribution in [0.4, 0.5) is 4.79 Å². The van der Waals surface area contributed by atoms with Crippen LogP contribution in [0.15, 0.2) is 96.6 Å². The number of aromatic nitrogens is 1. The van der Waals surface area contributed by atoms with Gasteiger partial charge in [-0.15, -0.1) is 0 Å². The van der Waals surface area contributed by atoms with Gasteiger partial charge in [0.15, 0.2) is 0 Å². The van der Waals surface area contributed by atoms with Crippen molar-refractivity contribution in [2.45, 2.75) is 0 Å². The van der Waals surface area contributed by atoms with Gasteiger partial charge in [-0.1, -0.05) is 60.7 Å². The minimum atomic E-state index is -0.858. The maximum absolute atomic E-state index is 12.5. The van der Waals surface area contributed by atoms with E-state index >= 15 is 0 Å². The number of nitrogens with zero attached hydrogens (tertiary/aromatic N) is 1. The van der Waals surface area contributed by atoms with Crippen LogP contribution in [0.25, 0.3) is 34.3 Å². The SMILES string of the molecule is COC(=O)c1ccc(-n2c(-c3ccccc3)cc(C=C3C(=O)NC(=O)NC3=O)c2-c2ccccc2)cc1. The topological polar surface area (TPSA) is 106 Å². The molecule has 0 radical (unpaired) electrons. The fraction of sp³-hybridized carbons (Fsp3) is 0.0345.